The standard InChI is InChI=1S/C38H73N3O11/c1-15-27-38(10,46)32(43)20(2)19-41(13)21(3)17-36(8,45)33(52-35-29(42)26(40(11)12)16-22(4)48-35)23(5)30(24(6)34(44)50-27)51-28-18-37(9,47-14)31(39)25(7)49-28/h20-33,35,42-43,45-46H,15-19,39H2,1-14H3/t20-,21+,22+,23-,24+,25-,26-,27?,28-,29+,30-,31-,32+,33+,35-,36+,37+,38+/m0/s1. The molecule has 6 N–H and O–H groups in total. The predicted octanol–water partition coefficient (Wildman–Crippen LogP) is 1.87. The number of methoxy groups -OCH3 is 1. The van der Waals surface area contributed by atoms with Crippen LogP contribution < -0.4 is 5.73 Å². The van der Waals surface area contributed by atoms with Crippen LogP contribution >= 0.6 is 0 Å². The van der Waals surface area contributed by atoms with Crippen LogP contribution in [-0.4, -0.2) is 161 Å². The normalized spacial score (nSPS) is 49.6. The van der Waals surface area contributed by atoms with Crippen molar-refractivity contribution in [3.8, 4) is 0 Å². The molecule has 3 heterocycles. The number of nitrogens with zero attached hydrogens (tertiary/aromatic N) is 2. The summed E-state index contributed by atoms with van der Waals surface area (Å²) in [4.78, 5) is 18.2. The third-order valence-electron chi connectivity index (χ3n) is 12.4. The lowest BCUT2D eigenvalue weighted by atomic mass is 9.78. The van der Waals surface area contributed by atoms with Crippen LogP contribution in [0.3, 0.4) is 0 Å². The summed E-state index contributed by atoms with van der Waals surface area (Å²) in [5.41, 5.74) is 2.37. The summed E-state index contributed by atoms with van der Waals surface area (Å²) in [6, 6.07) is -0.938. The Hall–Kier alpha value is -1.01. The van der Waals surface area contributed by atoms with Gasteiger partial charge in [0.2, 0.25) is 0 Å². The zero-order valence-corrected chi connectivity index (χ0v) is 34.3. The smallest absolute Gasteiger partial charge is 0.311 e. The summed E-state index contributed by atoms with van der Waals surface area (Å²) >= 11 is 0. The Labute approximate surface area is 312 Å². The number of nitrogens with two attached hydrogens (primary N) is 1. The van der Waals surface area contributed by atoms with E-state index in [2.05, 4.69) is 0 Å². The number of aliphatic hydroxyl groups is 4. The number of rotatable bonds is 7. The Kier molecular flexibility index (Phi) is 15.6. The highest BCUT2D eigenvalue weighted by Gasteiger charge is 2.52. The second kappa shape index (κ2) is 17.8. The highest BCUT2D eigenvalue weighted by Crippen LogP contribution is 2.39. The molecule has 3 fully saturated rings. The third-order valence-corrected chi connectivity index (χ3v) is 12.4. The van der Waals surface area contributed by atoms with Gasteiger partial charge in [0.25, 0.3) is 0 Å². The molecule has 52 heavy (non-hydrogen) atoms. The Morgan fingerprint density at radius 3 is 2.17 bits per heavy atom. The highest BCUT2D eigenvalue weighted by molar-refractivity contribution is 5.73. The van der Waals surface area contributed by atoms with Crippen molar-refractivity contribution in [2.24, 2.45) is 23.5 Å². The van der Waals surface area contributed by atoms with Gasteiger partial charge in [0.1, 0.15) is 17.8 Å². The number of likely N-dealkylation sites (N-methyl/N-ethyl adjacent to an activating group) is 1. The first-order valence-corrected chi connectivity index (χ1v) is 19.2. The van der Waals surface area contributed by atoms with Crippen molar-refractivity contribution in [3.63, 3.8) is 0 Å². The molecule has 1 unspecified atom stereocenters. The van der Waals surface area contributed by atoms with Gasteiger partial charge >= 0.3 is 5.97 Å². The molecule has 0 spiro atoms. The van der Waals surface area contributed by atoms with E-state index in [9.17, 15) is 25.2 Å². The van der Waals surface area contributed by atoms with E-state index in [1.54, 1.807) is 27.9 Å². The van der Waals surface area contributed by atoms with Gasteiger partial charge in [0.15, 0.2) is 12.6 Å². The number of aliphatic hydroxyl groups excluding tert-OH is 2. The molecule has 3 aliphatic rings. The number of esters is 1. The molecule has 0 amide bonds. The van der Waals surface area contributed by atoms with Crippen molar-refractivity contribution in [1.82, 2.24) is 9.80 Å². The van der Waals surface area contributed by atoms with Gasteiger partial charge in [-0.1, -0.05) is 20.8 Å². The molecule has 3 rings (SSSR count). The van der Waals surface area contributed by atoms with E-state index in [1.807, 2.05) is 72.5 Å². The van der Waals surface area contributed by atoms with Crippen molar-refractivity contribution in [3.05, 3.63) is 0 Å². The molecule has 14 nitrogen and oxygen atoms in total. The first-order chi connectivity index (χ1) is 23.9. The Bertz CT molecular complexity index is 1150. The van der Waals surface area contributed by atoms with Crippen LogP contribution in [0.5, 0.6) is 0 Å². The van der Waals surface area contributed by atoms with Crippen molar-refractivity contribution < 1.29 is 53.6 Å². The third kappa shape index (κ3) is 10.0. The average molecular weight is 748 g/mol. The van der Waals surface area contributed by atoms with Gasteiger partial charge in [-0.25, -0.2) is 0 Å². The summed E-state index contributed by atoms with van der Waals surface area (Å²) in [7, 11) is 7.27. The van der Waals surface area contributed by atoms with E-state index >= 15 is 0 Å². The SMILES string of the molecule is CCC1OC(=O)[C@H](C)[C@@H](O[C@H]2C[C@@](C)(OC)[C@@H](N)[C@H](C)O2)[C@H](C)[C@@H](O[C@@H]2O[C@H](C)C[C@H](N(C)C)[C@H]2O)[C@](C)(O)C[C@@H](C)N(C)C[C@H](C)[C@@H](O)[C@]1(C)O. The van der Waals surface area contributed by atoms with Gasteiger partial charge in [-0.2, -0.15) is 0 Å². The highest BCUT2D eigenvalue weighted by atomic mass is 16.7. The monoisotopic (exact) mass is 748 g/mol. The maximum Gasteiger partial charge on any atom is 0.311 e. The fourth-order valence-corrected chi connectivity index (χ4v) is 8.68. The van der Waals surface area contributed by atoms with E-state index in [1.165, 1.54) is 6.92 Å². The van der Waals surface area contributed by atoms with Gasteiger partial charge in [-0.3, -0.25) is 4.79 Å². The van der Waals surface area contributed by atoms with Crippen molar-refractivity contribution in [2.75, 3.05) is 34.8 Å². The van der Waals surface area contributed by atoms with Crippen molar-refractivity contribution in [1.29, 1.82) is 0 Å². The van der Waals surface area contributed by atoms with Crippen LogP contribution in [0.15, 0.2) is 0 Å². The van der Waals surface area contributed by atoms with Gasteiger partial charge in [-0.15, -0.1) is 0 Å². The molecule has 3 aliphatic heterocycles. The number of carbonyl (C=O) groups excluding carboxylic acids is 1. The van der Waals surface area contributed by atoms with E-state index in [-0.39, 0.29) is 37.5 Å². The summed E-state index contributed by atoms with van der Waals surface area (Å²) in [5.74, 6) is -2.78. The topological polar surface area (TPSA) is 186 Å². The summed E-state index contributed by atoms with van der Waals surface area (Å²) in [5, 5.41) is 47.2. The fraction of sp³-hybridized carbons (Fsp3) is 0.974. The second-order valence-corrected chi connectivity index (χ2v) is 17.2. The predicted molar refractivity (Wildman–Crippen MR) is 196 cm³/mol. The number of cyclic esters (lactones) is 1. The van der Waals surface area contributed by atoms with Gasteiger partial charge < -0.3 is 64.4 Å². The fourth-order valence-electron chi connectivity index (χ4n) is 8.68. The van der Waals surface area contributed by atoms with Crippen LogP contribution in [0.25, 0.3) is 0 Å². The first kappa shape index (κ1) is 45.4. The van der Waals surface area contributed by atoms with Crippen LogP contribution in [0, 0.1) is 17.8 Å². The second-order valence-electron chi connectivity index (χ2n) is 17.2. The van der Waals surface area contributed by atoms with Gasteiger partial charge in [0, 0.05) is 38.1 Å². The molecule has 0 aromatic carbocycles. The maximum atomic E-state index is 14.2. The van der Waals surface area contributed by atoms with Crippen LogP contribution in [-0.2, 0) is 33.2 Å². The molecule has 18 atom stereocenters. The zero-order valence-electron chi connectivity index (χ0n) is 34.3. The molecule has 306 valence electrons. The Morgan fingerprint density at radius 2 is 1.62 bits per heavy atom. The molecule has 0 radical (unpaired) electrons. The average Bonchev–Trinajstić information content (AvgIpc) is 3.06. The lowest BCUT2D eigenvalue weighted by molar-refractivity contribution is -0.311. The first-order valence-electron chi connectivity index (χ1n) is 19.2. The van der Waals surface area contributed by atoms with E-state index in [4.69, 9.17) is 34.2 Å². The van der Waals surface area contributed by atoms with Gasteiger partial charge in [-0.05, 0) is 94.8 Å². The van der Waals surface area contributed by atoms with Crippen LogP contribution in [0.1, 0.15) is 94.9 Å². The Balaban J connectivity index is 2.18. The van der Waals surface area contributed by atoms with E-state index in [0.717, 1.165) is 0 Å². The summed E-state index contributed by atoms with van der Waals surface area (Å²) in [6.07, 6.45) is -6.65. The summed E-state index contributed by atoms with van der Waals surface area (Å²) < 4.78 is 37.9. The largest absolute Gasteiger partial charge is 0.459 e. The van der Waals surface area contributed by atoms with Gasteiger partial charge in [0.05, 0.1) is 53.7 Å². The lowest BCUT2D eigenvalue weighted by Crippen LogP contribution is -2.62. The molecular weight excluding hydrogens is 674 g/mol. The number of ether oxygens (including phenoxy) is 6. The molecular formula is C38H73N3O11. The lowest BCUT2D eigenvalue weighted by Gasteiger charge is -2.49. The van der Waals surface area contributed by atoms with Crippen molar-refractivity contribution >= 4 is 5.97 Å². The molecule has 0 saturated carbocycles. The molecule has 0 bridgehead atoms. The van der Waals surface area contributed by atoms with Crippen molar-refractivity contribution in [2.45, 2.75) is 185 Å². The minimum Gasteiger partial charge on any atom is -0.459 e. The number of hydrogen-bond donors (Lipinski definition) is 5. The molecule has 0 aromatic heterocycles. The Morgan fingerprint density at radius 1 is 1.00 bits per heavy atom. The number of hydrogen-bond acceptors (Lipinski definition) is 14. The van der Waals surface area contributed by atoms with E-state index in [0.29, 0.717) is 13.0 Å². The maximum absolute atomic E-state index is 14.2. The van der Waals surface area contributed by atoms with Crippen LogP contribution in [0.4, 0.5) is 0 Å². The molecule has 14 heteroatoms. The summed E-state index contributed by atoms with van der Waals surface area (Å²) in [6.45, 7) is 18.3. The number of carbonyl (C=O) groups is 1. The quantitative estimate of drug-likeness (QED) is 0.238. The van der Waals surface area contributed by atoms with Crippen LogP contribution in [0.2, 0.25) is 0 Å². The molecule has 0 aliphatic carbocycles. The zero-order chi connectivity index (χ0) is 39.7. The minimum absolute atomic E-state index is 0.212. The molecule has 3 saturated heterocycles. The molecule has 0 aromatic rings. The van der Waals surface area contributed by atoms with E-state index < -0.39 is 95.8 Å². The minimum atomic E-state index is -1.76.